The van der Waals surface area contributed by atoms with Gasteiger partial charge in [-0.2, -0.15) is 26.3 Å². The van der Waals surface area contributed by atoms with Crippen molar-refractivity contribution in [2.45, 2.75) is 24.8 Å². The number of alkyl halides is 6. The van der Waals surface area contributed by atoms with E-state index in [1.165, 1.54) is 19.0 Å². The first kappa shape index (κ1) is 24.5. The molecule has 0 aromatic heterocycles. The van der Waals surface area contributed by atoms with E-state index in [0.29, 0.717) is 18.9 Å². The van der Waals surface area contributed by atoms with Crippen LogP contribution in [0.15, 0.2) is 4.99 Å². The summed E-state index contributed by atoms with van der Waals surface area (Å²) in [5.41, 5.74) is 0. The minimum atomic E-state index is -4.25. The lowest BCUT2D eigenvalue weighted by Crippen LogP contribution is -2.47. The SMILES string of the molecule is CN=C(NCCN(C)CC(F)(F)F)NC1CCN(CC(F)(F)F)C1.I. The molecule has 1 heterocycles. The van der Waals surface area contributed by atoms with Gasteiger partial charge >= 0.3 is 12.4 Å². The van der Waals surface area contributed by atoms with Crippen LogP contribution in [0, 0.1) is 0 Å². The van der Waals surface area contributed by atoms with Crippen LogP contribution in [0.4, 0.5) is 26.3 Å². The third-order valence-corrected chi connectivity index (χ3v) is 3.47. The normalized spacial score (nSPS) is 19.9. The summed E-state index contributed by atoms with van der Waals surface area (Å²) in [6.45, 7) is -0.970. The zero-order chi connectivity index (χ0) is 18.4. The fourth-order valence-corrected chi connectivity index (χ4v) is 2.49. The molecular formula is C13H24F6IN5. The van der Waals surface area contributed by atoms with Crippen LogP contribution in [-0.4, -0.2) is 87.5 Å². The van der Waals surface area contributed by atoms with Crippen LogP contribution in [0.5, 0.6) is 0 Å². The van der Waals surface area contributed by atoms with E-state index in [-0.39, 0.29) is 49.7 Å². The summed E-state index contributed by atoms with van der Waals surface area (Å²) in [6.07, 6.45) is -7.93. The van der Waals surface area contributed by atoms with Crippen molar-refractivity contribution < 1.29 is 26.3 Å². The van der Waals surface area contributed by atoms with Gasteiger partial charge in [-0.1, -0.05) is 0 Å². The number of likely N-dealkylation sites (N-methyl/N-ethyl adjacent to an activating group) is 1. The number of nitrogens with one attached hydrogen (secondary N) is 2. The van der Waals surface area contributed by atoms with Crippen LogP contribution in [-0.2, 0) is 0 Å². The van der Waals surface area contributed by atoms with Crippen molar-refractivity contribution in [2.75, 3.05) is 53.4 Å². The molecule has 2 N–H and O–H groups in total. The van der Waals surface area contributed by atoms with Crippen LogP contribution in [0.25, 0.3) is 0 Å². The van der Waals surface area contributed by atoms with Crippen LogP contribution >= 0.6 is 24.0 Å². The first-order chi connectivity index (χ1) is 11.0. The Bertz CT molecular complexity index is 415. The van der Waals surface area contributed by atoms with E-state index >= 15 is 0 Å². The molecule has 1 unspecified atom stereocenters. The highest BCUT2D eigenvalue weighted by atomic mass is 127. The van der Waals surface area contributed by atoms with Crippen LogP contribution in [0.1, 0.15) is 6.42 Å². The molecule has 0 spiro atoms. The first-order valence-electron chi connectivity index (χ1n) is 7.50. The number of rotatable bonds is 6. The van der Waals surface area contributed by atoms with Crippen molar-refractivity contribution in [3.05, 3.63) is 0 Å². The van der Waals surface area contributed by atoms with Gasteiger partial charge in [0.2, 0.25) is 0 Å². The van der Waals surface area contributed by atoms with E-state index in [1.54, 1.807) is 0 Å². The topological polar surface area (TPSA) is 42.9 Å². The van der Waals surface area contributed by atoms with E-state index in [4.69, 9.17) is 0 Å². The van der Waals surface area contributed by atoms with E-state index < -0.39 is 25.4 Å². The van der Waals surface area contributed by atoms with Crippen LogP contribution in [0.2, 0.25) is 0 Å². The Morgan fingerprint density at radius 3 is 2.36 bits per heavy atom. The molecule has 0 aliphatic carbocycles. The molecule has 25 heavy (non-hydrogen) atoms. The second-order valence-electron chi connectivity index (χ2n) is 5.83. The minimum absolute atomic E-state index is 0. The fraction of sp³-hybridized carbons (Fsp3) is 0.923. The molecule has 1 atom stereocenters. The standard InChI is InChI=1S/C13H23F6N5.HI/c1-20-11(21-4-6-23(2)8-12(14,15)16)22-10-3-5-24(7-10)9-13(17,18)19;/h10H,3-9H2,1-2H3,(H2,20,21,22);1H. The summed E-state index contributed by atoms with van der Waals surface area (Å²) < 4.78 is 73.6. The monoisotopic (exact) mass is 491 g/mol. The highest BCUT2D eigenvalue weighted by molar-refractivity contribution is 14.0. The Morgan fingerprint density at radius 2 is 1.84 bits per heavy atom. The van der Waals surface area contributed by atoms with Gasteiger partial charge in [-0.25, -0.2) is 0 Å². The Balaban J connectivity index is 0.00000576. The van der Waals surface area contributed by atoms with Crippen LogP contribution in [0.3, 0.4) is 0 Å². The quantitative estimate of drug-likeness (QED) is 0.258. The molecule has 0 bridgehead atoms. The second kappa shape index (κ2) is 10.6. The number of halogens is 7. The summed E-state index contributed by atoms with van der Waals surface area (Å²) in [5.74, 6) is 0.370. The molecule has 0 saturated carbocycles. The lowest BCUT2D eigenvalue weighted by molar-refractivity contribution is -0.144. The lowest BCUT2D eigenvalue weighted by Gasteiger charge is -2.21. The second-order valence-corrected chi connectivity index (χ2v) is 5.83. The molecule has 12 heteroatoms. The van der Waals surface area contributed by atoms with Crippen LogP contribution < -0.4 is 10.6 Å². The fourth-order valence-electron chi connectivity index (χ4n) is 2.49. The predicted molar refractivity (Wildman–Crippen MR) is 94.4 cm³/mol. The van der Waals surface area contributed by atoms with Crippen molar-refractivity contribution in [1.82, 2.24) is 20.4 Å². The number of likely N-dealkylation sites (tertiary alicyclic amines) is 1. The predicted octanol–water partition coefficient (Wildman–Crippen LogP) is 1.90. The molecule has 0 radical (unpaired) electrons. The molecule has 0 aromatic carbocycles. The molecule has 1 aliphatic rings. The number of hydrogen-bond donors (Lipinski definition) is 2. The molecule has 1 saturated heterocycles. The number of guanidine groups is 1. The summed E-state index contributed by atoms with van der Waals surface area (Å²) in [7, 11) is 2.86. The Hall–Kier alpha value is -0.500. The van der Waals surface area contributed by atoms with E-state index in [0.717, 1.165) is 4.90 Å². The first-order valence-corrected chi connectivity index (χ1v) is 7.50. The average molecular weight is 491 g/mol. The Morgan fingerprint density at radius 1 is 1.20 bits per heavy atom. The van der Waals surface area contributed by atoms with Gasteiger partial charge in [0.1, 0.15) is 0 Å². The summed E-state index contributed by atoms with van der Waals surface area (Å²) in [5, 5.41) is 5.86. The average Bonchev–Trinajstić information content (AvgIpc) is 2.80. The van der Waals surface area contributed by atoms with Gasteiger partial charge in [-0.15, -0.1) is 24.0 Å². The number of hydrogen-bond acceptors (Lipinski definition) is 3. The Kier molecular flexibility index (Phi) is 10.4. The minimum Gasteiger partial charge on any atom is -0.355 e. The summed E-state index contributed by atoms with van der Waals surface area (Å²) in [6, 6.07) is -0.175. The maximum Gasteiger partial charge on any atom is 0.401 e. The van der Waals surface area contributed by atoms with Gasteiger partial charge in [-0.3, -0.25) is 14.8 Å². The molecule has 5 nitrogen and oxygen atoms in total. The summed E-state index contributed by atoms with van der Waals surface area (Å²) >= 11 is 0. The smallest absolute Gasteiger partial charge is 0.355 e. The van der Waals surface area contributed by atoms with Crippen molar-refractivity contribution >= 4 is 29.9 Å². The highest BCUT2D eigenvalue weighted by Crippen LogP contribution is 2.20. The summed E-state index contributed by atoms with van der Waals surface area (Å²) in [4.78, 5) is 6.37. The van der Waals surface area contributed by atoms with E-state index in [9.17, 15) is 26.3 Å². The van der Waals surface area contributed by atoms with Crippen molar-refractivity contribution in [1.29, 1.82) is 0 Å². The van der Waals surface area contributed by atoms with Crippen molar-refractivity contribution in [2.24, 2.45) is 4.99 Å². The van der Waals surface area contributed by atoms with E-state index in [2.05, 4.69) is 15.6 Å². The number of aliphatic imine (C=N–C) groups is 1. The molecule has 0 aromatic rings. The molecule has 1 fully saturated rings. The maximum atomic E-state index is 12.3. The van der Waals surface area contributed by atoms with Gasteiger partial charge in [0.15, 0.2) is 5.96 Å². The zero-order valence-corrected chi connectivity index (χ0v) is 16.4. The van der Waals surface area contributed by atoms with Gasteiger partial charge in [0.25, 0.3) is 0 Å². The molecule has 1 rings (SSSR count). The van der Waals surface area contributed by atoms with Gasteiger partial charge in [-0.05, 0) is 13.5 Å². The molecule has 150 valence electrons. The lowest BCUT2D eigenvalue weighted by atomic mass is 10.3. The Labute approximate surface area is 160 Å². The molecular weight excluding hydrogens is 467 g/mol. The van der Waals surface area contributed by atoms with Gasteiger partial charge in [0, 0.05) is 39.3 Å². The molecule has 1 aliphatic heterocycles. The van der Waals surface area contributed by atoms with Crippen molar-refractivity contribution in [3.8, 4) is 0 Å². The van der Waals surface area contributed by atoms with Gasteiger partial charge < -0.3 is 10.6 Å². The highest BCUT2D eigenvalue weighted by Gasteiger charge is 2.34. The maximum absolute atomic E-state index is 12.3. The van der Waals surface area contributed by atoms with Gasteiger partial charge in [0.05, 0.1) is 13.1 Å². The number of nitrogens with zero attached hydrogens (tertiary/aromatic N) is 3. The third-order valence-electron chi connectivity index (χ3n) is 3.47. The third kappa shape index (κ3) is 11.7. The largest absolute Gasteiger partial charge is 0.401 e. The zero-order valence-electron chi connectivity index (χ0n) is 14.0. The van der Waals surface area contributed by atoms with E-state index in [1.807, 2.05) is 0 Å². The molecule has 0 amide bonds. The van der Waals surface area contributed by atoms with Crippen molar-refractivity contribution in [3.63, 3.8) is 0 Å².